The Morgan fingerprint density at radius 2 is 1.45 bits per heavy atom. The summed E-state index contributed by atoms with van der Waals surface area (Å²) in [6.07, 6.45) is 13.0. The highest BCUT2D eigenvalue weighted by molar-refractivity contribution is 4.65. The normalized spacial score (nSPS) is 9.91. The van der Waals surface area contributed by atoms with Crippen molar-refractivity contribution in [3.63, 3.8) is 0 Å². The SMILES string of the molecule is C=CCCCCCCCC[13CH3]. The maximum absolute atomic E-state index is 3.71. The van der Waals surface area contributed by atoms with Crippen LogP contribution in [0.3, 0.4) is 0 Å². The van der Waals surface area contributed by atoms with Gasteiger partial charge in [0, 0.05) is 0 Å². The molecule has 0 rings (SSSR count). The molecular formula is C11H22. The van der Waals surface area contributed by atoms with Gasteiger partial charge in [-0.2, -0.15) is 0 Å². The van der Waals surface area contributed by atoms with E-state index >= 15 is 0 Å². The molecule has 0 spiro atoms. The van der Waals surface area contributed by atoms with E-state index in [0.29, 0.717) is 0 Å². The van der Waals surface area contributed by atoms with Gasteiger partial charge in [0.2, 0.25) is 0 Å². The van der Waals surface area contributed by atoms with Crippen molar-refractivity contribution in [2.45, 2.75) is 58.3 Å². The van der Waals surface area contributed by atoms with Crippen molar-refractivity contribution in [2.24, 2.45) is 0 Å². The fourth-order valence-corrected chi connectivity index (χ4v) is 1.25. The van der Waals surface area contributed by atoms with Crippen LogP contribution >= 0.6 is 0 Å². The van der Waals surface area contributed by atoms with Crippen LogP contribution in [0, 0.1) is 0 Å². The van der Waals surface area contributed by atoms with E-state index in [1.54, 1.807) is 0 Å². The molecule has 0 unspecified atom stereocenters. The molecule has 66 valence electrons. The van der Waals surface area contributed by atoms with E-state index in [-0.39, 0.29) is 0 Å². The van der Waals surface area contributed by atoms with E-state index in [9.17, 15) is 0 Å². The molecule has 0 nitrogen and oxygen atoms in total. The largest absolute Gasteiger partial charge is 0.103 e. The third kappa shape index (κ3) is 9.74. The van der Waals surface area contributed by atoms with Crippen molar-refractivity contribution in [1.29, 1.82) is 0 Å². The lowest BCUT2D eigenvalue weighted by atomic mass is 10.1. The molecule has 0 amide bonds. The maximum atomic E-state index is 3.71. The van der Waals surface area contributed by atoms with E-state index in [2.05, 4.69) is 13.5 Å². The van der Waals surface area contributed by atoms with Crippen molar-refractivity contribution in [3.8, 4) is 0 Å². The van der Waals surface area contributed by atoms with Crippen LogP contribution in [0.5, 0.6) is 0 Å². The minimum absolute atomic E-state index is 1.20. The van der Waals surface area contributed by atoms with Gasteiger partial charge in [-0.3, -0.25) is 0 Å². The number of unbranched alkanes of at least 4 members (excludes halogenated alkanes) is 7. The molecule has 0 saturated carbocycles. The van der Waals surface area contributed by atoms with E-state index in [0.717, 1.165) is 0 Å². The third-order valence-electron chi connectivity index (χ3n) is 2.01. The highest BCUT2D eigenvalue weighted by Gasteiger charge is 1.88. The van der Waals surface area contributed by atoms with Crippen LogP contribution in [-0.2, 0) is 0 Å². The number of allylic oxidation sites excluding steroid dienone is 1. The first kappa shape index (κ1) is 10.7. The minimum atomic E-state index is 1.20. The first-order chi connectivity index (χ1) is 5.41. The fourth-order valence-electron chi connectivity index (χ4n) is 1.25. The molecule has 0 heteroatoms. The lowest BCUT2D eigenvalue weighted by Gasteiger charge is -1.98. The van der Waals surface area contributed by atoms with Gasteiger partial charge in [-0.1, -0.05) is 51.5 Å². The molecule has 0 aromatic heterocycles. The van der Waals surface area contributed by atoms with Gasteiger partial charge in [-0.05, 0) is 12.8 Å². The maximum Gasteiger partial charge on any atom is -0.0353 e. The second kappa shape index (κ2) is 9.74. The summed E-state index contributed by atoms with van der Waals surface area (Å²) in [4.78, 5) is 0. The van der Waals surface area contributed by atoms with Crippen molar-refractivity contribution < 1.29 is 0 Å². The third-order valence-corrected chi connectivity index (χ3v) is 2.01. The summed E-state index contributed by atoms with van der Waals surface area (Å²) >= 11 is 0. The van der Waals surface area contributed by atoms with Gasteiger partial charge in [-0.25, -0.2) is 0 Å². The van der Waals surface area contributed by atoms with Gasteiger partial charge in [-0.15, -0.1) is 6.58 Å². The first-order valence-corrected chi connectivity index (χ1v) is 5.02. The average molecular weight is 155 g/mol. The minimum Gasteiger partial charge on any atom is -0.103 e. The molecule has 0 N–H and O–H groups in total. The van der Waals surface area contributed by atoms with Gasteiger partial charge in [0.15, 0.2) is 0 Å². The van der Waals surface area contributed by atoms with Gasteiger partial charge >= 0.3 is 0 Å². The van der Waals surface area contributed by atoms with Crippen molar-refractivity contribution in [2.75, 3.05) is 0 Å². The summed E-state index contributed by atoms with van der Waals surface area (Å²) in [5, 5.41) is 0. The Balaban J connectivity index is 2.74. The van der Waals surface area contributed by atoms with Crippen LogP contribution in [0.15, 0.2) is 12.7 Å². The Morgan fingerprint density at radius 1 is 0.909 bits per heavy atom. The monoisotopic (exact) mass is 155 g/mol. The van der Waals surface area contributed by atoms with E-state index in [1.165, 1.54) is 51.4 Å². The van der Waals surface area contributed by atoms with Gasteiger partial charge in [0.25, 0.3) is 0 Å². The Kier molecular flexibility index (Phi) is 9.51. The predicted octanol–water partition coefficient (Wildman–Crippen LogP) is 4.31. The average Bonchev–Trinajstić information content (AvgIpc) is 2.03. The number of hydrogen-bond acceptors (Lipinski definition) is 0. The quantitative estimate of drug-likeness (QED) is 0.278. The zero-order chi connectivity index (χ0) is 8.36. The van der Waals surface area contributed by atoms with Crippen molar-refractivity contribution in [3.05, 3.63) is 12.7 Å². The second-order valence-corrected chi connectivity index (χ2v) is 3.20. The van der Waals surface area contributed by atoms with Gasteiger partial charge in [0.1, 0.15) is 0 Å². The highest BCUT2D eigenvalue weighted by atomic mass is 14.0. The second-order valence-electron chi connectivity index (χ2n) is 3.20. The molecule has 11 heavy (non-hydrogen) atoms. The summed E-state index contributed by atoms with van der Waals surface area (Å²) in [5.41, 5.74) is 0. The zero-order valence-corrected chi connectivity index (χ0v) is 7.94. The van der Waals surface area contributed by atoms with E-state index < -0.39 is 0 Å². The number of hydrogen-bond donors (Lipinski definition) is 0. The smallest absolute Gasteiger partial charge is 0.0353 e. The van der Waals surface area contributed by atoms with Crippen molar-refractivity contribution >= 4 is 0 Å². The van der Waals surface area contributed by atoms with Gasteiger partial charge in [0.05, 0.1) is 0 Å². The first-order valence-electron chi connectivity index (χ1n) is 5.02. The molecule has 0 fully saturated rings. The summed E-state index contributed by atoms with van der Waals surface area (Å²) in [6.45, 7) is 5.97. The summed E-state index contributed by atoms with van der Waals surface area (Å²) in [5.74, 6) is 0. The molecule has 0 saturated heterocycles. The summed E-state index contributed by atoms with van der Waals surface area (Å²) in [6, 6.07) is 0. The van der Waals surface area contributed by atoms with Gasteiger partial charge < -0.3 is 0 Å². The molecule has 0 aromatic rings. The molecule has 0 heterocycles. The summed E-state index contributed by atoms with van der Waals surface area (Å²) in [7, 11) is 0. The zero-order valence-electron chi connectivity index (χ0n) is 7.94. The Labute approximate surface area is 71.7 Å². The predicted molar refractivity (Wildman–Crippen MR) is 52.8 cm³/mol. The Hall–Kier alpha value is -0.260. The molecule has 0 bridgehead atoms. The lowest BCUT2D eigenvalue weighted by molar-refractivity contribution is 0.592. The Bertz CT molecular complexity index is 74.1. The van der Waals surface area contributed by atoms with Crippen LogP contribution in [0.4, 0.5) is 0 Å². The molecule has 0 aromatic carbocycles. The number of rotatable bonds is 8. The summed E-state index contributed by atoms with van der Waals surface area (Å²) < 4.78 is 0. The molecule has 0 aliphatic carbocycles. The molecular weight excluding hydrogens is 133 g/mol. The van der Waals surface area contributed by atoms with Crippen LogP contribution < -0.4 is 0 Å². The standard InChI is InChI=1S/C11H22/c1-3-5-7-9-11-10-8-6-4-2/h3H,1,4-11H2,2H3/i2+1. The van der Waals surface area contributed by atoms with Crippen LogP contribution in [0.1, 0.15) is 58.3 Å². The molecule has 0 atom stereocenters. The van der Waals surface area contributed by atoms with Crippen LogP contribution in [-0.4, -0.2) is 0 Å². The van der Waals surface area contributed by atoms with E-state index in [1.807, 2.05) is 6.08 Å². The van der Waals surface area contributed by atoms with Crippen LogP contribution in [0.2, 0.25) is 0 Å². The van der Waals surface area contributed by atoms with Crippen LogP contribution in [0.25, 0.3) is 0 Å². The van der Waals surface area contributed by atoms with Crippen molar-refractivity contribution in [1.82, 2.24) is 0 Å². The molecule has 0 aliphatic rings. The van der Waals surface area contributed by atoms with E-state index in [4.69, 9.17) is 0 Å². The molecule has 0 aliphatic heterocycles. The topological polar surface area (TPSA) is 0 Å². The molecule has 0 radical (unpaired) electrons. The Morgan fingerprint density at radius 3 is 2.00 bits per heavy atom. The lowest BCUT2D eigenvalue weighted by Crippen LogP contribution is -1.78. The fraction of sp³-hybridized carbons (Fsp3) is 0.818. The highest BCUT2D eigenvalue weighted by Crippen LogP contribution is 2.07.